The molecule has 29 heavy (non-hydrogen) atoms. The number of carbonyl (C=O) groups excluding carboxylic acids is 1. The van der Waals surface area contributed by atoms with E-state index in [1.54, 1.807) is 17.0 Å². The number of amides is 1. The maximum Gasteiger partial charge on any atom is 0.243 e. The van der Waals surface area contributed by atoms with Gasteiger partial charge in [-0.2, -0.15) is 4.31 Å². The van der Waals surface area contributed by atoms with Crippen LogP contribution >= 0.6 is 0 Å². The van der Waals surface area contributed by atoms with E-state index >= 15 is 0 Å². The van der Waals surface area contributed by atoms with E-state index in [0.717, 1.165) is 36.7 Å². The lowest BCUT2D eigenvalue weighted by molar-refractivity contribution is -0.133. The number of sulfonamides is 1. The number of fused-ring (bicyclic) bond motifs is 1. The van der Waals surface area contributed by atoms with Gasteiger partial charge in [-0.1, -0.05) is 44.2 Å². The highest BCUT2D eigenvalue weighted by atomic mass is 32.2. The molecule has 0 spiro atoms. The molecule has 7 heteroatoms. The van der Waals surface area contributed by atoms with Crippen molar-refractivity contribution in [1.82, 2.24) is 14.1 Å². The molecule has 0 N–H and O–H groups in total. The zero-order chi connectivity index (χ0) is 20.9. The highest BCUT2D eigenvalue weighted by molar-refractivity contribution is 7.89. The number of hydrogen-bond acceptors (Lipinski definition) is 4. The molecule has 1 aliphatic rings. The largest absolute Gasteiger partial charge is 0.339 e. The highest BCUT2D eigenvalue weighted by Crippen LogP contribution is 2.23. The van der Waals surface area contributed by atoms with Crippen LogP contribution in [0.5, 0.6) is 0 Å². The third-order valence-electron chi connectivity index (χ3n) is 5.39. The molecule has 0 aromatic heterocycles. The van der Waals surface area contributed by atoms with E-state index < -0.39 is 10.0 Å². The Bertz CT molecular complexity index is 931. The summed E-state index contributed by atoms with van der Waals surface area (Å²) in [6.07, 6.45) is 2.04. The van der Waals surface area contributed by atoms with Gasteiger partial charge < -0.3 is 4.90 Å². The van der Waals surface area contributed by atoms with Crippen LogP contribution < -0.4 is 0 Å². The lowest BCUT2D eigenvalue weighted by Gasteiger charge is -2.35. The summed E-state index contributed by atoms with van der Waals surface area (Å²) in [5.41, 5.74) is 0. The Kier molecular flexibility index (Phi) is 7.27. The van der Waals surface area contributed by atoms with E-state index in [4.69, 9.17) is 0 Å². The third-order valence-corrected chi connectivity index (χ3v) is 7.28. The molecule has 0 aliphatic carbocycles. The van der Waals surface area contributed by atoms with Crippen LogP contribution in [0.15, 0.2) is 47.4 Å². The predicted molar refractivity (Wildman–Crippen MR) is 116 cm³/mol. The van der Waals surface area contributed by atoms with Crippen LogP contribution in [0.1, 0.15) is 26.7 Å². The van der Waals surface area contributed by atoms with Crippen LogP contribution in [0.2, 0.25) is 0 Å². The fourth-order valence-electron chi connectivity index (χ4n) is 3.85. The van der Waals surface area contributed by atoms with E-state index in [1.165, 1.54) is 4.31 Å². The van der Waals surface area contributed by atoms with Crippen molar-refractivity contribution in [3.63, 3.8) is 0 Å². The van der Waals surface area contributed by atoms with E-state index in [-0.39, 0.29) is 5.91 Å². The molecule has 0 atom stereocenters. The Morgan fingerprint density at radius 3 is 2.17 bits per heavy atom. The fraction of sp³-hybridized carbons (Fsp3) is 0.500. The van der Waals surface area contributed by atoms with Gasteiger partial charge in [0, 0.05) is 26.2 Å². The first kappa shape index (κ1) is 21.7. The van der Waals surface area contributed by atoms with Crippen LogP contribution in [0.3, 0.4) is 0 Å². The van der Waals surface area contributed by atoms with Crippen LogP contribution in [0.25, 0.3) is 10.8 Å². The second-order valence-corrected chi connectivity index (χ2v) is 9.51. The summed E-state index contributed by atoms with van der Waals surface area (Å²) in [4.78, 5) is 16.9. The van der Waals surface area contributed by atoms with E-state index in [2.05, 4.69) is 18.7 Å². The number of rotatable bonds is 8. The average Bonchev–Trinajstić information content (AvgIpc) is 2.74. The lowest BCUT2D eigenvalue weighted by atomic mass is 10.1. The fourth-order valence-corrected chi connectivity index (χ4v) is 5.31. The van der Waals surface area contributed by atoms with Crippen molar-refractivity contribution >= 4 is 26.7 Å². The molecule has 2 aromatic carbocycles. The molecule has 1 heterocycles. The van der Waals surface area contributed by atoms with Gasteiger partial charge in [0.05, 0.1) is 11.4 Å². The molecular weight excluding hydrogens is 386 g/mol. The van der Waals surface area contributed by atoms with Crippen molar-refractivity contribution in [2.75, 3.05) is 45.8 Å². The summed E-state index contributed by atoms with van der Waals surface area (Å²) in [6, 6.07) is 13.0. The minimum absolute atomic E-state index is 0.0923. The SMILES string of the molecule is CCCN(CCC)CC(=O)N1CCN(S(=O)(=O)c2ccc3ccccc3c2)CC1. The van der Waals surface area contributed by atoms with Gasteiger partial charge in [0.1, 0.15) is 0 Å². The summed E-state index contributed by atoms with van der Waals surface area (Å²) >= 11 is 0. The van der Waals surface area contributed by atoms with Crippen molar-refractivity contribution in [3.05, 3.63) is 42.5 Å². The molecule has 0 radical (unpaired) electrons. The monoisotopic (exact) mass is 417 g/mol. The van der Waals surface area contributed by atoms with Crippen molar-refractivity contribution in [2.24, 2.45) is 0 Å². The van der Waals surface area contributed by atoms with Crippen LogP contribution in [0, 0.1) is 0 Å². The summed E-state index contributed by atoms with van der Waals surface area (Å²) in [5, 5.41) is 1.93. The van der Waals surface area contributed by atoms with Crippen molar-refractivity contribution in [3.8, 4) is 0 Å². The zero-order valence-electron chi connectivity index (χ0n) is 17.4. The van der Waals surface area contributed by atoms with Gasteiger partial charge in [-0.25, -0.2) is 8.42 Å². The number of hydrogen-bond donors (Lipinski definition) is 0. The number of benzene rings is 2. The number of nitrogens with zero attached hydrogens (tertiary/aromatic N) is 3. The van der Waals surface area contributed by atoms with Gasteiger partial charge in [-0.15, -0.1) is 0 Å². The lowest BCUT2D eigenvalue weighted by Crippen LogP contribution is -2.52. The summed E-state index contributed by atoms with van der Waals surface area (Å²) in [6.45, 7) is 8.03. The second kappa shape index (κ2) is 9.69. The smallest absolute Gasteiger partial charge is 0.243 e. The maximum atomic E-state index is 13.1. The predicted octanol–water partition coefficient (Wildman–Crippen LogP) is 2.79. The van der Waals surface area contributed by atoms with Gasteiger partial charge in [0.15, 0.2) is 0 Å². The molecule has 2 aromatic rings. The molecule has 6 nitrogen and oxygen atoms in total. The molecule has 0 unspecified atom stereocenters. The Morgan fingerprint density at radius 2 is 1.55 bits per heavy atom. The average molecular weight is 418 g/mol. The number of carbonyl (C=O) groups is 1. The Morgan fingerprint density at radius 1 is 0.931 bits per heavy atom. The first-order valence-corrected chi connectivity index (χ1v) is 11.9. The molecule has 3 rings (SSSR count). The van der Waals surface area contributed by atoms with Crippen molar-refractivity contribution in [2.45, 2.75) is 31.6 Å². The van der Waals surface area contributed by atoms with Crippen LogP contribution in [-0.4, -0.2) is 74.2 Å². The van der Waals surface area contributed by atoms with Crippen LogP contribution in [-0.2, 0) is 14.8 Å². The molecule has 1 amide bonds. The normalized spacial score (nSPS) is 15.9. The first-order valence-electron chi connectivity index (χ1n) is 10.4. The Hall–Kier alpha value is -1.96. The second-order valence-electron chi connectivity index (χ2n) is 7.57. The van der Waals surface area contributed by atoms with Gasteiger partial charge in [-0.05, 0) is 48.8 Å². The molecule has 1 fully saturated rings. The topological polar surface area (TPSA) is 60.9 Å². The molecule has 158 valence electrons. The molecular formula is C22H31N3O3S. The summed E-state index contributed by atoms with van der Waals surface area (Å²) < 4.78 is 27.6. The van der Waals surface area contributed by atoms with Crippen molar-refractivity contribution < 1.29 is 13.2 Å². The maximum absolute atomic E-state index is 13.1. The van der Waals surface area contributed by atoms with Gasteiger partial charge >= 0.3 is 0 Å². The van der Waals surface area contributed by atoms with E-state index in [9.17, 15) is 13.2 Å². The van der Waals surface area contributed by atoms with E-state index in [1.807, 2.05) is 30.3 Å². The number of piperazine rings is 1. The summed E-state index contributed by atoms with van der Waals surface area (Å²) in [5.74, 6) is 0.0923. The zero-order valence-corrected chi connectivity index (χ0v) is 18.2. The molecule has 1 aliphatic heterocycles. The van der Waals surface area contributed by atoms with Gasteiger partial charge in [0.25, 0.3) is 0 Å². The van der Waals surface area contributed by atoms with E-state index in [0.29, 0.717) is 37.6 Å². The van der Waals surface area contributed by atoms with Crippen LogP contribution in [0.4, 0.5) is 0 Å². The first-order chi connectivity index (χ1) is 14.0. The minimum Gasteiger partial charge on any atom is -0.339 e. The Balaban J connectivity index is 1.63. The molecule has 1 saturated heterocycles. The molecule has 0 saturated carbocycles. The van der Waals surface area contributed by atoms with Gasteiger partial charge in [0.2, 0.25) is 15.9 Å². The molecule has 0 bridgehead atoms. The Labute approximate surface area is 174 Å². The minimum atomic E-state index is -3.56. The van der Waals surface area contributed by atoms with Gasteiger partial charge in [-0.3, -0.25) is 9.69 Å². The highest BCUT2D eigenvalue weighted by Gasteiger charge is 2.30. The quantitative estimate of drug-likeness (QED) is 0.663. The third kappa shape index (κ3) is 5.15. The standard InChI is InChI=1S/C22H31N3O3S/c1-3-11-23(12-4-2)18-22(26)24-13-15-25(16-14-24)29(27,28)21-10-9-19-7-5-6-8-20(19)17-21/h5-10,17H,3-4,11-16,18H2,1-2H3. The van der Waals surface area contributed by atoms with Crippen molar-refractivity contribution in [1.29, 1.82) is 0 Å². The summed E-state index contributed by atoms with van der Waals surface area (Å²) in [7, 11) is -3.56.